The van der Waals surface area contributed by atoms with Gasteiger partial charge in [-0.15, -0.1) is 0 Å². The number of hydrogen-bond acceptors (Lipinski definition) is 2. The van der Waals surface area contributed by atoms with Crippen LogP contribution in [0.3, 0.4) is 0 Å². The van der Waals surface area contributed by atoms with Crippen LogP contribution in [0.2, 0.25) is 0 Å². The van der Waals surface area contributed by atoms with Crippen molar-refractivity contribution in [3.63, 3.8) is 0 Å². The van der Waals surface area contributed by atoms with Crippen LogP contribution in [0.25, 0.3) is 0 Å². The van der Waals surface area contributed by atoms with Crippen molar-refractivity contribution < 1.29 is 0 Å². The van der Waals surface area contributed by atoms with Crippen molar-refractivity contribution in [2.45, 2.75) is 32.7 Å². The Labute approximate surface area is 86.5 Å². The summed E-state index contributed by atoms with van der Waals surface area (Å²) < 4.78 is 0. The average molecular weight is 192 g/mol. The molecule has 1 unspecified atom stereocenters. The van der Waals surface area contributed by atoms with Gasteiger partial charge in [0.1, 0.15) is 0 Å². The fourth-order valence-electron chi connectivity index (χ4n) is 1.42. The summed E-state index contributed by atoms with van der Waals surface area (Å²) in [5, 5.41) is 3.10. The largest absolute Gasteiger partial charge is 0.318 e. The maximum absolute atomic E-state index is 5.36. The third kappa shape index (κ3) is 3.13. The highest BCUT2D eigenvalue weighted by Gasteiger charge is 2.01. The molecule has 0 aromatic heterocycles. The smallest absolute Gasteiger partial charge is 0.0431 e. The van der Waals surface area contributed by atoms with E-state index in [-0.39, 0.29) is 0 Å². The minimum atomic E-state index is 0.535. The summed E-state index contributed by atoms with van der Waals surface area (Å²) in [6.07, 6.45) is 1.19. The molecule has 0 aliphatic heterocycles. The Hall–Kier alpha value is -0.860. The van der Waals surface area contributed by atoms with Gasteiger partial charge in [-0.3, -0.25) is 0 Å². The molecule has 14 heavy (non-hydrogen) atoms. The molecule has 3 N–H and O–H groups in total. The van der Waals surface area contributed by atoms with Crippen LogP contribution < -0.4 is 11.1 Å². The highest BCUT2D eigenvalue weighted by Crippen LogP contribution is 2.18. The van der Waals surface area contributed by atoms with Gasteiger partial charge in [0.15, 0.2) is 0 Å². The van der Waals surface area contributed by atoms with Gasteiger partial charge in [-0.05, 0) is 23.5 Å². The number of rotatable bonds is 5. The van der Waals surface area contributed by atoms with Crippen molar-refractivity contribution in [3.05, 3.63) is 35.4 Å². The molecule has 1 atom stereocenters. The van der Waals surface area contributed by atoms with Crippen molar-refractivity contribution in [1.82, 2.24) is 5.32 Å². The summed E-state index contributed by atoms with van der Waals surface area (Å²) in [6.45, 7) is 5.87. The number of nitrogens with two attached hydrogens (primary N) is 1. The van der Waals surface area contributed by atoms with Crippen LogP contribution >= 0.6 is 0 Å². The van der Waals surface area contributed by atoms with E-state index in [0.717, 1.165) is 6.54 Å². The van der Waals surface area contributed by atoms with E-state index in [2.05, 4.69) is 43.4 Å². The van der Waals surface area contributed by atoms with Crippen molar-refractivity contribution >= 4 is 0 Å². The van der Waals surface area contributed by atoms with E-state index in [4.69, 9.17) is 5.73 Å². The molecule has 0 aliphatic rings. The minimum absolute atomic E-state index is 0.535. The highest BCUT2D eigenvalue weighted by atomic mass is 14.9. The molecule has 0 fully saturated rings. The first-order valence-corrected chi connectivity index (χ1v) is 5.27. The number of benzene rings is 1. The van der Waals surface area contributed by atoms with Crippen LogP contribution in [-0.2, 0) is 6.54 Å². The van der Waals surface area contributed by atoms with E-state index in [0.29, 0.717) is 12.6 Å². The first kappa shape index (κ1) is 11.2. The lowest BCUT2D eigenvalue weighted by Crippen LogP contribution is -2.21. The van der Waals surface area contributed by atoms with Crippen LogP contribution in [-0.4, -0.2) is 6.67 Å². The Morgan fingerprint density at radius 2 is 1.93 bits per heavy atom. The van der Waals surface area contributed by atoms with Crippen molar-refractivity contribution in [2.75, 3.05) is 6.67 Å². The first-order chi connectivity index (χ1) is 6.77. The average Bonchev–Trinajstić information content (AvgIpc) is 2.26. The summed E-state index contributed by atoms with van der Waals surface area (Å²) in [6, 6.07) is 8.76. The summed E-state index contributed by atoms with van der Waals surface area (Å²) in [5.74, 6) is 0.659. The van der Waals surface area contributed by atoms with Gasteiger partial charge in [-0.1, -0.05) is 38.1 Å². The molecule has 0 heterocycles. The first-order valence-electron chi connectivity index (χ1n) is 5.27. The number of nitrogens with one attached hydrogen (secondary N) is 1. The van der Waals surface area contributed by atoms with Crippen molar-refractivity contribution in [3.8, 4) is 0 Å². The van der Waals surface area contributed by atoms with Gasteiger partial charge in [-0.2, -0.15) is 0 Å². The molecule has 0 amide bonds. The zero-order chi connectivity index (χ0) is 10.4. The second kappa shape index (κ2) is 5.78. The normalized spacial score (nSPS) is 12.8. The summed E-state index contributed by atoms with van der Waals surface area (Å²) in [4.78, 5) is 0. The molecular formula is C12H20N2. The minimum Gasteiger partial charge on any atom is -0.318 e. The summed E-state index contributed by atoms with van der Waals surface area (Å²) in [7, 11) is 0. The molecule has 0 aliphatic carbocycles. The van der Waals surface area contributed by atoms with Crippen LogP contribution in [0.5, 0.6) is 0 Å². The quantitative estimate of drug-likeness (QED) is 0.702. The summed E-state index contributed by atoms with van der Waals surface area (Å²) >= 11 is 0. The third-order valence-electron chi connectivity index (χ3n) is 2.63. The lowest BCUT2D eigenvalue weighted by molar-refractivity contribution is 0.705. The monoisotopic (exact) mass is 192 g/mol. The zero-order valence-corrected chi connectivity index (χ0v) is 9.09. The molecule has 1 rings (SSSR count). The van der Waals surface area contributed by atoms with Crippen molar-refractivity contribution in [1.29, 1.82) is 0 Å². The molecule has 0 spiro atoms. The van der Waals surface area contributed by atoms with E-state index in [1.54, 1.807) is 0 Å². The van der Waals surface area contributed by atoms with Crippen LogP contribution in [0.1, 0.15) is 37.3 Å². The number of hydrogen-bond donors (Lipinski definition) is 2. The Morgan fingerprint density at radius 1 is 1.29 bits per heavy atom. The van der Waals surface area contributed by atoms with Gasteiger partial charge in [0.2, 0.25) is 0 Å². The Bertz CT molecular complexity index is 254. The molecule has 1 aromatic rings. The SMILES string of the molecule is CCC(C)c1ccc(CNCN)cc1. The molecule has 0 bridgehead atoms. The highest BCUT2D eigenvalue weighted by molar-refractivity contribution is 5.24. The van der Waals surface area contributed by atoms with Gasteiger partial charge < -0.3 is 11.1 Å². The topological polar surface area (TPSA) is 38.0 Å². The maximum Gasteiger partial charge on any atom is 0.0431 e. The van der Waals surface area contributed by atoms with Gasteiger partial charge in [-0.25, -0.2) is 0 Å². The molecule has 0 radical (unpaired) electrons. The van der Waals surface area contributed by atoms with Crippen LogP contribution in [0.15, 0.2) is 24.3 Å². The van der Waals surface area contributed by atoms with E-state index in [1.807, 2.05) is 0 Å². The van der Waals surface area contributed by atoms with E-state index >= 15 is 0 Å². The standard InChI is InChI=1S/C12H20N2/c1-3-10(2)12-6-4-11(5-7-12)8-14-9-13/h4-7,10,14H,3,8-9,13H2,1-2H3. The third-order valence-corrected chi connectivity index (χ3v) is 2.63. The lowest BCUT2D eigenvalue weighted by atomic mass is 9.98. The van der Waals surface area contributed by atoms with Crippen LogP contribution in [0, 0.1) is 0 Å². The summed E-state index contributed by atoms with van der Waals surface area (Å²) in [5.41, 5.74) is 8.08. The Morgan fingerprint density at radius 3 is 2.43 bits per heavy atom. The van der Waals surface area contributed by atoms with E-state index in [1.165, 1.54) is 17.5 Å². The molecule has 0 saturated carbocycles. The Kier molecular flexibility index (Phi) is 4.63. The predicted molar refractivity (Wildman–Crippen MR) is 61.0 cm³/mol. The van der Waals surface area contributed by atoms with Gasteiger partial charge in [0, 0.05) is 13.2 Å². The molecule has 78 valence electrons. The molecule has 2 nitrogen and oxygen atoms in total. The fourth-order valence-corrected chi connectivity index (χ4v) is 1.42. The van der Waals surface area contributed by atoms with Gasteiger partial charge in [0.25, 0.3) is 0 Å². The molecule has 0 saturated heterocycles. The molecule has 2 heteroatoms. The maximum atomic E-state index is 5.36. The second-order valence-corrected chi connectivity index (χ2v) is 3.68. The second-order valence-electron chi connectivity index (χ2n) is 3.68. The Balaban J connectivity index is 2.59. The molecular weight excluding hydrogens is 172 g/mol. The van der Waals surface area contributed by atoms with E-state index < -0.39 is 0 Å². The van der Waals surface area contributed by atoms with E-state index in [9.17, 15) is 0 Å². The zero-order valence-electron chi connectivity index (χ0n) is 9.09. The van der Waals surface area contributed by atoms with Gasteiger partial charge >= 0.3 is 0 Å². The van der Waals surface area contributed by atoms with Crippen molar-refractivity contribution in [2.24, 2.45) is 5.73 Å². The molecule has 1 aromatic carbocycles. The fraction of sp³-hybridized carbons (Fsp3) is 0.500. The van der Waals surface area contributed by atoms with Crippen LogP contribution in [0.4, 0.5) is 0 Å². The lowest BCUT2D eigenvalue weighted by Gasteiger charge is -2.09. The predicted octanol–water partition coefficient (Wildman–Crippen LogP) is 2.21. The van der Waals surface area contributed by atoms with Gasteiger partial charge in [0.05, 0.1) is 0 Å².